The van der Waals surface area contributed by atoms with Gasteiger partial charge in [0.05, 0.1) is 17.5 Å². The van der Waals surface area contributed by atoms with E-state index >= 15 is 0 Å². The van der Waals surface area contributed by atoms with E-state index in [1.807, 2.05) is 0 Å². The molecule has 2 aromatic heterocycles. The first-order valence-electron chi connectivity index (χ1n) is 7.39. The minimum absolute atomic E-state index is 0.0663. The summed E-state index contributed by atoms with van der Waals surface area (Å²) in [5.41, 5.74) is 0.395. The highest BCUT2D eigenvalue weighted by molar-refractivity contribution is 6.34. The van der Waals surface area contributed by atoms with Crippen molar-refractivity contribution in [1.29, 1.82) is 0 Å². The van der Waals surface area contributed by atoms with E-state index in [-0.39, 0.29) is 34.7 Å². The Balaban J connectivity index is 1.82. The molecular formula is C15H15ClFN3O3. The van der Waals surface area contributed by atoms with Crippen molar-refractivity contribution >= 4 is 28.9 Å². The standard InChI is InChI=1S/C15H15ClFN3O3/c1-15(2)22-11-7(5-21)3-9(12(11)23-15)20-4-8(17)10-13(16)18-6-19-14(10)20/h4-7,9,11-12H,3H2,1-2H3/t7-,9?,11-,12+/m1/s1. The molecule has 0 bridgehead atoms. The number of carbonyl (C=O) groups excluding carboxylic acids is 1. The maximum Gasteiger partial charge on any atom is 0.163 e. The van der Waals surface area contributed by atoms with Crippen LogP contribution in [0.25, 0.3) is 11.0 Å². The molecule has 1 saturated heterocycles. The van der Waals surface area contributed by atoms with Crippen molar-refractivity contribution in [1.82, 2.24) is 14.5 Å². The average molecular weight is 340 g/mol. The van der Waals surface area contributed by atoms with Crippen molar-refractivity contribution in [2.45, 2.75) is 44.3 Å². The summed E-state index contributed by atoms with van der Waals surface area (Å²) in [4.78, 5) is 19.4. The molecule has 8 heteroatoms. The molecule has 1 saturated carbocycles. The second-order valence-electron chi connectivity index (χ2n) is 6.42. The van der Waals surface area contributed by atoms with Crippen LogP contribution >= 0.6 is 11.6 Å². The van der Waals surface area contributed by atoms with Crippen LogP contribution in [0.1, 0.15) is 26.3 Å². The van der Waals surface area contributed by atoms with E-state index in [1.54, 1.807) is 18.4 Å². The molecule has 6 nitrogen and oxygen atoms in total. The summed E-state index contributed by atoms with van der Waals surface area (Å²) in [6.07, 6.45) is 3.33. The van der Waals surface area contributed by atoms with E-state index in [0.717, 1.165) is 6.29 Å². The Hall–Kier alpha value is -1.57. The Kier molecular flexibility index (Phi) is 3.23. The van der Waals surface area contributed by atoms with E-state index in [9.17, 15) is 9.18 Å². The van der Waals surface area contributed by atoms with Crippen LogP contribution in [0.15, 0.2) is 12.5 Å². The lowest BCUT2D eigenvalue weighted by molar-refractivity contribution is -0.160. The summed E-state index contributed by atoms with van der Waals surface area (Å²) < 4.78 is 27.8. The first-order chi connectivity index (χ1) is 10.9. The topological polar surface area (TPSA) is 66.2 Å². The zero-order valence-corrected chi connectivity index (χ0v) is 13.3. The minimum Gasteiger partial charge on any atom is -0.344 e. The Labute approximate surface area is 136 Å². The monoisotopic (exact) mass is 339 g/mol. The highest BCUT2D eigenvalue weighted by Gasteiger charge is 2.54. The molecule has 0 amide bonds. The number of fused-ring (bicyclic) bond motifs is 2. The number of aldehydes is 1. The van der Waals surface area contributed by atoms with E-state index in [4.69, 9.17) is 21.1 Å². The summed E-state index contributed by atoms with van der Waals surface area (Å²) >= 11 is 5.98. The molecule has 2 aliphatic rings. The number of halogens is 2. The van der Waals surface area contributed by atoms with Gasteiger partial charge in [0.15, 0.2) is 11.6 Å². The van der Waals surface area contributed by atoms with Gasteiger partial charge in [-0.15, -0.1) is 0 Å². The number of aromatic nitrogens is 3. The van der Waals surface area contributed by atoms with Crippen LogP contribution in [0.3, 0.4) is 0 Å². The lowest BCUT2D eigenvalue weighted by Crippen LogP contribution is -2.27. The summed E-state index contributed by atoms with van der Waals surface area (Å²) in [7, 11) is 0. The van der Waals surface area contributed by atoms with Crippen LogP contribution in [0, 0.1) is 11.7 Å². The molecule has 0 N–H and O–H groups in total. The largest absolute Gasteiger partial charge is 0.344 e. The van der Waals surface area contributed by atoms with Gasteiger partial charge in [0.1, 0.15) is 29.5 Å². The lowest BCUT2D eigenvalue weighted by Gasteiger charge is -2.23. The van der Waals surface area contributed by atoms with Gasteiger partial charge in [0.25, 0.3) is 0 Å². The molecule has 1 aliphatic carbocycles. The van der Waals surface area contributed by atoms with Gasteiger partial charge in [0, 0.05) is 12.1 Å². The van der Waals surface area contributed by atoms with E-state index in [2.05, 4.69) is 9.97 Å². The Bertz CT molecular complexity index is 794. The summed E-state index contributed by atoms with van der Waals surface area (Å²) in [5.74, 6) is -1.57. The number of carbonyl (C=O) groups is 1. The number of hydrogen-bond donors (Lipinski definition) is 0. The zero-order chi connectivity index (χ0) is 16.4. The van der Waals surface area contributed by atoms with Crippen LogP contribution in [-0.4, -0.2) is 38.8 Å². The Morgan fingerprint density at radius 1 is 1.39 bits per heavy atom. The summed E-state index contributed by atoms with van der Waals surface area (Å²) in [6.45, 7) is 3.61. The smallest absolute Gasteiger partial charge is 0.163 e. The number of nitrogens with zero attached hydrogens (tertiary/aromatic N) is 3. The zero-order valence-electron chi connectivity index (χ0n) is 12.6. The fraction of sp³-hybridized carbons (Fsp3) is 0.533. The van der Waals surface area contributed by atoms with Crippen LogP contribution in [-0.2, 0) is 14.3 Å². The SMILES string of the molecule is CC1(C)O[C@@H]2[C@@H](C=O)CC(n3cc(F)c4c(Cl)ncnc43)[C@@H]2O1. The molecule has 4 rings (SSSR count). The quantitative estimate of drug-likeness (QED) is 0.621. The highest BCUT2D eigenvalue weighted by Crippen LogP contribution is 2.47. The van der Waals surface area contributed by atoms with Crippen molar-refractivity contribution in [3.63, 3.8) is 0 Å². The molecule has 0 spiro atoms. The Morgan fingerprint density at radius 3 is 2.87 bits per heavy atom. The molecule has 1 aliphatic heterocycles. The predicted molar refractivity (Wildman–Crippen MR) is 79.5 cm³/mol. The summed E-state index contributed by atoms with van der Waals surface area (Å²) in [6, 6.07) is -0.255. The molecule has 2 fully saturated rings. The molecule has 2 aromatic rings. The van der Waals surface area contributed by atoms with Gasteiger partial charge in [-0.25, -0.2) is 14.4 Å². The lowest BCUT2D eigenvalue weighted by atomic mass is 10.1. The second kappa shape index (κ2) is 4.96. The van der Waals surface area contributed by atoms with Crippen LogP contribution in [0.5, 0.6) is 0 Å². The molecule has 3 heterocycles. The van der Waals surface area contributed by atoms with Crippen LogP contribution in [0.4, 0.5) is 4.39 Å². The maximum atomic E-state index is 14.3. The number of hydrogen-bond acceptors (Lipinski definition) is 5. The second-order valence-corrected chi connectivity index (χ2v) is 6.77. The maximum absolute atomic E-state index is 14.3. The number of rotatable bonds is 2. The molecule has 1 unspecified atom stereocenters. The normalized spacial score (nSPS) is 32.3. The first-order valence-corrected chi connectivity index (χ1v) is 7.76. The van der Waals surface area contributed by atoms with Gasteiger partial charge in [-0.1, -0.05) is 11.6 Å². The van der Waals surface area contributed by atoms with Crippen molar-refractivity contribution in [2.24, 2.45) is 5.92 Å². The first kappa shape index (κ1) is 15.0. The van der Waals surface area contributed by atoms with Gasteiger partial charge < -0.3 is 18.8 Å². The van der Waals surface area contributed by atoms with Crippen LogP contribution in [0.2, 0.25) is 5.15 Å². The van der Waals surface area contributed by atoms with Gasteiger partial charge in [-0.05, 0) is 20.3 Å². The molecule has 4 atom stereocenters. The fourth-order valence-corrected chi connectivity index (χ4v) is 3.87. The molecular weight excluding hydrogens is 325 g/mol. The van der Waals surface area contributed by atoms with Gasteiger partial charge in [-0.2, -0.15) is 0 Å². The van der Waals surface area contributed by atoms with Gasteiger partial charge in [0.2, 0.25) is 0 Å². The van der Waals surface area contributed by atoms with Gasteiger partial charge >= 0.3 is 0 Å². The molecule has 0 aromatic carbocycles. The minimum atomic E-state index is -0.774. The fourth-order valence-electron chi connectivity index (χ4n) is 3.66. The third kappa shape index (κ3) is 2.18. The van der Waals surface area contributed by atoms with Crippen LogP contribution < -0.4 is 0 Å². The van der Waals surface area contributed by atoms with Crippen molar-refractivity contribution < 1.29 is 18.7 Å². The molecule has 122 valence electrons. The average Bonchev–Trinajstić information content (AvgIpc) is 3.08. The van der Waals surface area contributed by atoms with E-state index in [0.29, 0.717) is 12.1 Å². The third-order valence-electron chi connectivity index (χ3n) is 4.53. The van der Waals surface area contributed by atoms with E-state index in [1.165, 1.54) is 12.5 Å². The Morgan fingerprint density at radius 2 is 2.13 bits per heavy atom. The highest BCUT2D eigenvalue weighted by atomic mass is 35.5. The van der Waals surface area contributed by atoms with Crippen molar-refractivity contribution in [3.05, 3.63) is 23.5 Å². The summed E-state index contributed by atoms with van der Waals surface area (Å²) in [5, 5.41) is 0.245. The van der Waals surface area contributed by atoms with Crippen molar-refractivity contribution in [3.8, 4) is 0 Å². The van der Waals surface area contributed by atoms with Gasteiger partial charge in [-0.3, -0.25) is 0 Å². The molecule has 0 radical (unpaired) electrons. The van der Waals surface area contributed by atoms with Crippen molar-refractivity contribution in [2.75, 3.05) is 0 Å². The van der Waals surface area contributed by atoms with E-state index < -0.39 is 11.6 Å². The molecule has 23 heavy (non-hydrogen) atoms. The predicted octanol–water partition coefficient (Wildman–Crippen LogP) is 2.50. The number of ether oxygens (including phenoxy) is 2. The third-order valence-corrected chi connectivity index (χ3v) is 4.81.